The van der Waals surface area contributed by atoms with Crippen molar-refractivity contribution in [2.45, 2.75) is 59.1 Å². The quantitative estimate of drug-likeness (QED) is 0.575. The van der Waals surface area contributed by atoms with Crippen molar-refractivity contribution in [3.8, 4) is 0 Å². The lowest BCUT2D eigenvalue weighted by Gasteiger charge is -2.40. The SMILES string of the molecule is COC(C(C)C)C(NN)C1CCC(C)C(C)C1. The van der Waals surface area contributed by atoms with Gasteiger partial charge in [-0.05, 0) is 36.5 Å². The molecule has 3 heteroatoms. The van der Waals surface area contributed by atoms with Crippen LogP contribution >= 0.6 is 0 Å². The molecule has 3 nitrogen and oxygen atoms in total. The van der Waals surface area contributed by atoms with E-state index in [0.717, 1.165) is 11.8 Å². The average Bonchev–Trinajstić information content (AvgIpc) is 2.29. The smallest absolute Gasteiger partial charge is 0.0763 e. The minimum Gasteiger partial charge on any atom is -0.380 e. The Hall–Kier alpha value is -0.120. The Morgan fingerprint density at radius 3 is 2.24 bits per heavy atom. The number of nitrogens with two attached hydrogens (primary N) is 1. The van der Waals surface area contributed by atoms with Crippen molar-refractivity contribution in [2.24, 2.45) is 29.5 Å². The fraction of sp³-hybridized carbons (Fsp3) is 1.00. The summed E-state index contributed by atoms with van der Waals surface area (Å²) in [7, 11) is 1.80. The molecule has 5 unspecified atom stereocenters. The number of hydrogen-bond acceptors (Lipinski definition) is 3. The molecule has 5 atom stereocenters. The topological polar surface area (TPSA) is 47.3 Å². The van der Waals surface area contributed by atoms with E-state index in [1.165, 1.54) is 19.3 Å². The van der Waals surface area contributed by atoms with Crippen LogP contribution in [0, 0.1) is 23.7 Å². The van der Waals surface area contributed by atoms with E-state index >= 15 is 0 Å². The molecule has 0 bridgehead atoms. The largest absolute Gasteiger partial charge is 0.380 e. The van der Waals surface area contributed by atoms with Crippen LogP contribution in [0.5, 0.6) is 0 Å². The summed E-state index contributed by atoms with van der Waals surface area (Å²) in [5, 5.41) is 0. The van der Waals surface area contributed by atoms with E-state index in [2.05, 4.69) is 33.1 Å². The fourth-order valence-electron chi connectivity index (χ4n) is 3.25. The van der Waals surface area contributed by atoms with Crippen LogP contribution in [-0.4, -0.2) is 19.3 Å². The van der Waals surface area contributed by atoms with Gasteiger partial charge in [-0.25, -0.2) is 0 Å². The first kappa shape index (κ1) is 14.9. The van der Waals surface area contributed by atoms with Crippen molar-refractivity contribution in [1.29, 1.82) is 0 Å². The third kappa shape index (κ3) is 3.67. The Labute approximate surface area is 106 Å². The van der Waals surface area contributed by atoms with Crippen LogP contribution in [0.1, 0.15) is 47.0 Å². The van der Waals surface area contributed by atoms with Crippen molar-refractivity contribution in [1.82, 2.24) is 5.43 Å². The number of hydrogen-bond donors (Lipinski definition) is 2. The first-order valence-corrected chi connectivity index (χ1v) is 7.00. The number of nitrogens with one attached hydrogen (secondary N) is 1. The summed E-state index contributed by atoms with van der Waals surface area (Å²) < 4.78 is 5.64. The van der Waals surface area contributed by atoms with Gasteiger partial charge in [-0.3, -0.25) is 11.3 Å². The van der Waals surface area contributed by atoms with Crippen LogP contribution < -0.4 is 11.3 Å². The van der Waals surface area contributed by atoms with Gasteiger partial charge < -0.3 is 4.74 Å². The van der Waals surface area contributed by atoms with Gasteiger partial charge in [0.05, 0.1) is 12.1 Å². The highest BCUT2D eigenvalue weighted by Crippen LogP contribution is 2.36. The maximum Gasteiger partial charge on any atom is 0.0763 e. The van der Waals surface area contributed by atoms with Gasteiger partial charge in [-0.15, -0.1) is 0 Å². The van der Waals surface area contributed by atoms with E-state index < -0.39 is 0 Å². The molecule has 1 aliphatic carbocycles. The van der Waals surface area contributed by atoms with Crippen molar-refractivity contribution in [2.75, 3.05) is 7.11 Å². The maximum atomic E-state index is 5.77. The monoisotopic (exact) mass is 242 g/mol. The molecule has 1 fully saturated rings. The molecular formula is C14H30N2O. The Morgan fingerprint density at radius 1 is 1.18 bits per heavy atom. The zero-order valence-electron chi connectivity index (χ0n) is 12.1. The van der Waals surface area contributed by atoms with Gasteiger partial charge in [0.15, 0.2) is 0 Å². The highest BCUT2D eigenvalue weighted by molar-refractivity contribution is 4.88. The van der Waals surface area contributed by atoms with Crippen LogP contribution in [0.25, 0.3) is 0 Å². The molecule has 0 aromatic rings. The van der Waals surface area contributed by atoms with Gasteiger partial charge >= 0.3 is 0 Å². The van der Waals surface area contributed by atoms with Crippen molar-refractivity contribution < 1.29 is 4.74 Å². The third-order valence-corrected chi connectivity index (χ3v) is 4.62. The number of rotatable bonds is 5. The van der Waals surface area contributed by atoms with E-state index in [-0.39, 0.29) is 12.1 Å². The highest BCUT2D eigenvalue weighted by Gasteiger charge is 2.35. The molecule has 1 saturated carbocycles. The van der Waals surface area contributed by atoms with E-state index in [0.29, 0.717) is 11.8 Å². The molecule has 0 aliphatic heterocycles. The first-order valence-electron chi connectivity index (χ1n) is 7.00. The lowest BCUT2D eigenvalue weighted by molar-refractivity contribution is 0.000734. The molecule has 0 aromatic heterocycles. The average molecular weight is 242 g/mol. The van der Waals surface area contributed by atoms with Gasteiger partial charge in [0.1, 0.15) is 0 Å². The van der Waals surface area contributed by atoms with Gasteiger partial charge in [0, 0.05) is 7.11 Å². The van der Waals surface area contributed by atoms with Crippen molar-refractivity contribution in [3.05, 3.63) is 0 Å². The van der Waals surface area contributed by atoms with Crippen LogP contribution in [0.4, 0.5) is 0 Å². The molecule has 17 heavy (non-hydrogen) atoms. The van der Waals surface area contributed by atoms with E-state index in [4.69, 9.17) is 10.6 Å². The second-order valence-electron chi connectivity index (χ2n) is 6.16. The lowest BCUT2D eigenvalue weighted by Crippen LogP contribution is -2.52. The Balaban J connectivity index is 2.67. The molecule has 0 saturated heterocycles. The molecule has 0 amide bonds. The van der Waals surface area contributed by atoms with Crippen molar-refractivity contribution >= 4 is 0 Å². The normalized spacial score (nSPS) is 33.7. The molecule has 1 rings (SSSR count). The second-order valence-corrected chi connectivity index (χ2v) is 6.16. The summed E-state index contributed by atoms with van der Waals surface area (Å²) in [6.45, 7) is 9.13. The van der Waals surface area contributed by atoms with Gasteiger partial charge in [0.25, 0.3) is 0 Å². The third-order valence-electron chi connectivity index (χ3n) is 4.62. The molecule has 3 N–H and O–H groups in total. The molecule has 0 radical (unpaired) electrons. The molecule has 0 aromatic carbocycles. The number of ether oxygens (including phenoxy) is 1. The van der Waals surface area contributed by atoms with Crippen LogP contribution in [-0.2, 0) is 4.74 Å². The molecule has 102 valence electrons. The minimum absolute atomic E-state index is 0.214. The summed E-state index contributed by atoms with van der Waals surface area (Å²) in [5.74, 6) is 8.57. The molecule has 1 aliphatic rings. The maximum absolute atomic E-state index is 5.77. The summed E-state index contributed by atoms with van der Waals surface area (Å²) in [4.78, 5) is 0. The predicted octanol–water partition coefficient (Wildman–Crippen LogP) is 2.56. The minimum atomic E-state index is 0.214. The zero-order valence-corrected chi connectivity index (χ0v) is 12.1. The molecule has 0 heterocycles. The van der Waals surface area contributed by atoms with Gasteiger partial charge in [-0.1, -0.05) is 34.1 Å². The van der Waals surface area contributed by atoms with Gasteiger partial charge in [-0.2, -0.15) is 0 Å². The van der Waals surface area contributed by atoms with Gasteiger partial charge in [0.2, 0.25) is 0 Å². The fourth-order valence-corrected chi connectivity index (χ4v) is 3.25. The van der Waals surface area contributed by atoms with Crippen molar-refractivity contribution in [3.63, 3.8) is 0 Å². The van der Waals surface area contributed by atoms with E-state index in [1.807, 2.05) is 0 Å². The summed E-state index contributed by atoms with van der Waals surface area (Å²) in [6.07, 6.45) is 4.07. The summed E-state index contributed by atoms with van der Waals surface area (Å²) >= 11 is 0. The summed E-state index contributed by atoms with van der Waals surface area (Å²) in [6, 6.07) is 0.287. The second kappa shape index (κ2) is 6.72. The molecule has 0 spiro atoms. The van der Waals surface area contributed by atoms with Crippen LogP contribution in [0.2, 0.25) is 0 Å². The Bertz CT molecular complexity index is 220. The van der Waals surface area contributed by atoms with E-state index in [9.17, 15) is 0 Å². The standard InChI is InChI=1S/C14H30N2O/c1-9(2)14(17-5)13(16-15)12-7-6-10(3)11(4)8-12/h9-14,16H,6-8,15H2,1-5H3. The number of methoxy groups -OCH3 is 1. The zero-order chi connectivity index (χ0) is 13.0. The summed E-state index contributed by atoms with van der Waals surface area (Å²) in [5.41, 5.74) is 3.01. The van der Waals surface area contributed by atoms with E-state index in [1.54, 1.807) is 7.11 Å². The lowest BCUT2D eigenvalue weighted by atomic mass is 9.71. The Morgan fingerprint density at radius 2 is 1.82 bits per heavy atom. The molecular weight excluding hydrogens is 212 g/mol. The first-order chi connectivity index (χ1) is 8.01. The number of hydrazine groups is 1. The highest BCUT2D eigenvalue weighted by atomic mass is 16.5. The van der Waals surface area contributed by atoms with Crippen LogP contribution in [0.15, 0.2) is 0 Å². The predicted molar refractivity (Wildman–Crippen MR) is 72.4 cm³/mol. The van der Waals surface area contributed by atoms with Crippen LogP contribution in [0.3, 0.4) is 0 Å². The Kier molecular flexibility index (Phi) is 5.90.